The summed E-state index contributed by atoms with van der Waals surface area (Å²) in [5, 5.41) is 8.47. The van der Waals surface area contributed by atoms with Gasteiger partial charge in [-0.2, -0.15) is 5.10 Å². The molecule has 0 saturated carbocycles. The van der Waals surface area contributed by atoms with Gasteiger partial charge in [-0.25, -0.2) is 5.01 Å². The Hall–Kier alpha value is -2.18. The van der Waals surface area contributed by atoms with Crippen LogP contribution in [0, 0.1) is 0 Å². The van der Waals surface area contributed by atoms with Crippen molar-refractivity contribution < 1.29 is 9.53 Å². The lowest BCUT2D eigenvalue weighted by Gasteiger charge is -2.24. The maximum absolute atomic E-state index is 13.0. The first kappa shape index (κ1) is 17.2. The Morgan fingerprint density at radius 2 is 2.12 bits per heavy atom. The number of methoxy groups -OCH3 is 1. The van der Waals surface area contributed by atoms with E-state index < -0.39 is 0 Å². The van der Waals surface area contributed by atoms with E-state index in [-0.39, 0.29) is 11.9 Å². The second kappa shape index (κ2) is 7.60. The van der Waals surface area contributed by atoms with Gasteiger partial charge in [0.05, 0.1) is 30.3 Å². The number of hydrogen-bond acceptors (Lipinski definition) is 5. The topological polar surface area (TPSA) is 45.1 Å². The molecule has 0 radical (unpaired) electrons. The molecule has 0 aliphatic carbocycles. The summed E-state index contributed by atoms with van der Waals surface area (Å²) < 4.78 is 5.37. The summed E-state index contributed by atoms with van der Waals surface area (Å²) in [5.41, 5.74) is 2.05. The molecule has 1 aromatic heterocycles. The summed E-state index contributed by atoms with van der Waals surface area (Å²) >= 11 is 1.67. The molecule has 1 amide bonds. The fourth-order valence-electron chi connectivity index (χ4n) is 3.64. The third kappa shape index (κ3) is 3.52. The number of thiophene rings is 1. The Morgan fingerprint density at radius 1 is 1.27 bits per heavy atom. The van der Waals surface area contributed by atoms with Crippen LogP contribution < -0.4 is 4.74 Å². The molecule has 5 nitrogen and oxygen atoms in total. The first-order chi connectivity index (χ1) is 12.7. The number of nitrogens with zero attached hydrogens (tertiary/aromatic N) is 3. The van der Waals surface area contributed by atoms with E-state index in [4.69, 9.17) is 9.84 Å². The van der Waals surface area contributed by atoms with Crippen molar-refractivity contribution in [3.8, 4) is 5.75 Å². The minimum atomic E-state index is -0.0719. The molecule has 1 saturated heterocycles. The molecule has 1 aromatic carbocycles. The summed E-state index contributed by atoms with van der Waals surface area (Å²) in [6.07, 6.45) is 3.09. The summed E-state index contributed by atoms with van der Waals surface area (Å²) in [4.78, 5) is 16.4. The molecular weight excluding hydrogens is 346 g/mol. The van der Waals surface area contributed by atoms with Crippen LogP contribution in [-0.4, -0.2) is 48.3 Å². The molecule has 26 heavy (non-hydrogen) atoms. The molecular formula is C20H23N3O2S. The first-order valence-corrected chi connectivity index (χ1v) is 9.92. The smallest absolute Gasteiger partial charge is 0.257 e. The summed E-state index contributed by atoms with van der Waals surface area (Å²) in [5.74, 6) is 0.880. The summed E-state index contributed by atoms with van der Waals surface area (Å²) in [6, 6.07) is 12.0. The maximum Gasteiger partial charge on any atom is 0.257 e. The normalized spacial score (nSPS) is 20.4. The molecule has 6 heteroatoms. The van der Waals surface area contributed by atoms with E-state index in [9.17, 15) is 4.79 Å². The highest BCUT2D eigenvalue weighted by Crippen LogP contribution is 2.35. The predicted octanol–water partition coefficient (Wildman–Crippen LogP) is 3.53. The predicted molar refractivity (Wildman–Crippen MR) is 104 cm³/mol. The van der Waals surface area contributed by atoms with E-state index in [1.165, 1.54) is 12.8 Å². The number of carbonyl (C=O) groups excluding carboxylic acids is 1. The van der Waals surface area contributed by atoms with E-state index in [0.29, 0.717) is 6.54 Å². The minimum Gasteiger partial charge on any atom is -0.497 e. The van der Waals surface area contributed by atoms with Gasteiger partial charge >= 0.3 is 0 Å². The molecule has 0 N–H and O–H groups in total. The third-order valence-electron chi connectivity index (χ3n) is 5.01. The fourth-order valence-corrected chi connectivity index (χ4v) is 4.37. The van der Waals surface area contributed by atoms with E-state index >= 15 is 0 Å². The Balaban J connectivity index is 1.61. The zero-order valence-electron chi connectivity index (χ0n) is 14.9. The SMILES string of the molecule is COc1cccc(C2CC(c3cccs3)=NN2C(=O)CN2CCCC2)c1. The monoisotopic (exact) mass is 369 g/mol. The molecule has 2 aliphatic rings. The number of hydrazone groups is 1. The average Bonchev–Trinajstić information content (AvgIpc) is 3.41. The standard InChI is InChI=1S/C20H23N3O2S/c1-25-16-7-4-6-15(12-16)18-13-17(19-8-5-11-26-19)21-23(18)20(24)14-22-9-2-3-10-22/h4-8,11-12,18H,2-3,9-10,13-14H2,1H3. The zero-order valence-corrected chi connectivity index (χ0v) is 15.7. The quantitative estimate of drug-likeness (QED) is 0.810. The number of amides is 1. The number of rotatable bonds is 5. The number of benzene rings is 1. The third-order valence-corrected chi connectivity index (χ3v) is 5.93. The van der Waals surface area contributed by atoms with E-state index in [0.717, 1.165) is 41.4 Å². The van der Waals surface area contributed by atoms with Crippen molar-refractivity contribution in [2.45, 2.75) is 25.3 Å². The van der Waals surface area contributed by atoms with Gasteiger partial charge in [-0.3, -0.25) is 9.69 Å². The van der Waals surface area contributed by atoms with Crippen molar-refractivity contribution in [1.82, 2.24) is 9.91 Å². The molecule has 1 fully saturated rings. The van der Waals surface area contributed by atoms with Crippen LogP contribution in [0.25, 0.3) is 0 Å². The van der Waals surface area contributed by atoms with Gasteiger partial charge in [0, 0.05) is 6.42 Å². The van der Waals surface area contributed by atoms with Crippen LogP contribution in [-0.2, 0) is 4.79 Å². The maximum atomic E-state index is 13.0. The van der Waals surface area contributed by atoms with Gasteiger partial charge in [0.15, 0.2) is 0 Å². The van der Waals surface area contributed by atoms with Crippen molar-refractivity contribution >= 4 is 23.0 Å². The number of carbonyl (C=O) groups is 1. The van der Waals surface area contributed by atoms with Crippen molar-refractivity contribution in [1.29, 1.82) is 0 Å². The van der Waals surface area contributed by atoms with Crippen LogP contribution in [0.15, 0.2) is 46.9 Å². The lowest BCUT2D eigenvalue weighted by atomic mass is 10.0. The number of likely N-dealkylation sites (tertiary alicyclic amines) is 1. The van der Waals surface area contributed by atoms with E-state index in [2.05, 4.69) is 17.0 Å². The van der Waals surface area contributed by atoms with E-state index in [1.54, 1.807) is 23.5 Å². The van der Waals surface area contributed by atoms with Gasteiger partial charge in [0.1, 0.15) is 5.75 Å². The van der Waals surface area contributed by atoms with Crippen LogP contribution >= 0.6 is 11.3 Å². The van der Waals surface area contributed by atoms with Crippen LogP contribution in [0.2, 0.25) is 0 Å². The molecule has 1 unspecified atom stereocenters. The summed E-state index contributed by atoms with van der Waals surface area (Å²) in [6.45, 7) is 2.46. The zero-order chi connectivity index (χ0) is 17.9. The molecule has 1 atom stereocenters. The first-order valence-electron chi connectivity index (χ1n) is 9.04. The molecule has 136 valence electrons. The van der Waals surface area contributed by atoms with Crippen molar-refractivity contribution in [2.24, 2.45) is 5.10 Å². The lowest BCUT2D eigenvalue weighted by molar-refractivity contribution is -0.134. The van der Waals surface area contributed by atoms with Crippen LogP contribution in [0.1, 0.15) is 35.7 Å². The lowest BCUT2D eigenvalue weighted by Crippen LogP contribution is -2.36. The molecule has 4 rings (SSSR count). The fraction of sp³-hybridized carbons (Fsp3) is 0.400. The second-order valence-electron chi connectivity index (χ2n) is 6.74. The van der Waals surface area contributed by atoms with Crippen LogP contribution in [0.3, 0.4) is 0 Å². The van der Waals surface area contributed by atoms with Crippen LogP contribution in [0.5, 0.6) is 5.75 Å². The van der Waals surface area contributed by atoms with Gasteiger partial charge < -0.3 is 4.74 Å². The Morgan fingerprint density at radius 3 is 2.85 bits per heavy atom. The molecule has 0 spiro atoms. The molecule has 2 aromatic rings. The van der Waals surface area contributed by atoms with Gasteiger partial charge in [0.2, 0.25) is 0 Å². The van der Waals surface area contributed by atoms with Gasteiger partial charge in [-0.05, 0) is 55.1 Å². The molecule has 3 heterocycles. The van der Waals surface area contributed by atoms with Crippen molar-refractivity contribution in [2.75, 3.05) is 26.7 Å². The van der Waals surface area contributed by atoms with Gasteiger partial charge in [0.25, 0.3) is 5.91 Å². The van der Waals surface area contributed by atoms with Crippen molar-refractivity contribution in [3.05, 3.63) is 52.2 Å². The Bertz CT molecular complexity index is 797. The Labute approximate surface area is 157 Å². The summed E-state index contributed by atoms with van der Waals surface area (Å²) in [7, 11) is 1.66. The average molecular weight is 369 g/mol. The number of hydrogen-bond donors (Lipinski definition) is 0. The van der Waals surface area contributed by atoms with E-state index in [1.807, 2.05) is 29.6 Å². The van der Waals surface area contributed by atoms with Crippen LogP contribution in [0.4, 0.5) is 0 Å². The molecule has 0 bridgehead atoms. The highest BCUT2D eigenvalue weighted by atomic mass is 32.1. The molecule has 2 aliphatic heterocycles. The Kier molecular flexibility index (Phi) is 5.04. The highest BCUT2D eigenvalue weighted by Gasteiger charge is 2.34. The largest absolute Gasteiger partial charge is 0.497 e. The van der Waals surface area contributed by atoms with Crippen molar-refractivity contribution in [3.63, 3.8) is 0 Å². The number of ether oxygens (including phenoxy) is 1. The second-order valence-corrected chi connectivity index (χ2v) is 7.69. The highest BCUT2D eigenvalue weighted by molar-refractivity contribution is 7.12. The minimum absolute atomic E-state index is 0.0719. The van der Waals surface area contributed by atoms with Gasteiger partial charge in [-0.15, -0.1) is 11.3 Å². The van der Waals surface area contributed by atoms with Gasteiger partial charge in [-0.1, -0.05) is 18.2 Å².